The van der Waals surface area contributed by atoms with Gasteiger partial charge in [-0.05, 0) is 27.7 Å². The summed E-state index contributed by atoms with van der Waals surface area (Å²) in [5.41, 5.74) is -0.830. The zero-order valence-electron chi connectivity index (χ0n) is 10.1. The van der Waals surface area contributed by atoms with Crippen molar-refractivity contribution in [1.29, 1.82) is 0 Å². The molecule has 2 N–H and O–H groups in total. The Balaban J connectivity index is 3.31. The number of amides is 2. The molecule has 0 aromatic heterocycles. The largest absolute Gasteiger partial charge is 0.374 e. The van der Waals surface area contributed by atoms with Crippen molar-refractivity contribution in [1.82, 2.24) is 10.2 Å². The number of hydrogen-bond donors (Lipinski definition) is 2. The van der Waals surface area contributed by atoms with Gasteiger partial charge >= 0.3 is 0 Å². The molecule has 1 aliphatic heterocycles. The van der Waals surface area contributed by atoms with Gasteiger partial charge in [0.15, 0.2) is 5.60 Å². The molecule has 0 radical (unpaired) electrons. The summed E-state index contributed by atoms with van der Waals surface area (Å²) in [6.45, 7) is 8.13. The van der Waals surface area contributed by atoms with Crippen LogP contribution < -0.4 is 5.32 Å². The average Bonchev–Trinajstić information content (AvgIpc) is 2.22. The molecule has 0 fully saturated rings. The second-order valence-corrected chi connectivity index (χ2v) is 4.00. The van der Waals surface area contributed by atoms with Gasteiger partial charge in [-0.3, -0.25) is 14.9 Å². The van der Waals surface area contributed by atoms with E-state index in [1.54, 1.807) is 6.92 Å². The fourth-order valence-corrected chi connectivity index (χ4v) is 1.98. The van der Waals surface area contributed by atoms with E-state index < -0.39 is 17.4 Å². The molecule has 1 atom stereocenters. The molecule has 5 heteroatoms. The van der Waals surface area contributed by atoms with Crippen LogP contribution >= 0.6 is 0 Å². The van der Waals surface area contributed by atoms with Gasteiger partial charge < -0.3 is 10.0 Å². The van der Waals surface area contributed by atoms with Gasteiger partial charge in [-0.25, -0.2) is 0 Å². The normalized spacial score (nSPS) is 25.8. The van der Waals surface area contributed by atoms with Crippen LogP contribution in [0.25, 0.3) is 0 Å². The quantitative estimate of drug-likeness (QED) is 0.665. The van der Waals surface area contributed by atoms with E-state index in [2.05, 4.69) is 5.32 Å². The summed E-state index contributed by atoms with van der Waals surface area (Å²) in [6.07, 6.45) is 0. The molecule has 1 unspecified atom stereocenters. The Bertz CT molecular complexity index is 354. The van der Waals surface area contributed by atoms with Crippen LogP contribution in [-0.4, -0.2) is 40.5 Å². The molecule has 16 heavy (non-hydrogen) atoms. The van der Waals surface area contributed by atoms with Crippen molar-refractivity contribution in [3.8, 4) is 0 Å². The smallest absolute Gasteiger partial charge is 0.264 e. The Morgan fingerprint density at radius 3 is 2.25 bits per heavy atom. The number of aliphatic hydroxyl groups is 1. The third-order valence-corrected chi connectivity index (χ3v) is 2.91. The minimum Gasteiger partial charge on any atom is -0.374 e. The van der Waals surface area contributed by atoms with Gasteiger partial charge in [0, 0.05) is 18.7 Å². The number of nitrogens with one attached hydrogen (secondary N) is 1. The van der Waals surface area contributed by atoms with Gasteiger partial charge in [-0.2, -0.15) is 0 Å². The lowest BCUT2D eigenvalue weighted by molar-refractivity contribution is -0.142. The summed E-state index contributed by atoms with van der Waals surface area (Å²) >= 11 is 0. The van der Waals surface area contributed by atoms with Gasteiger partial charge in [0.2, 0.25) is 0 Å². The monoisotopic (exact) mass is 226 g/mol. The van der Waals surface area contributed by atoms with Gasteiger partial charge in [0.05, 0.1) is 5.70 Å². The fourth-order valence-electron chi connectivity index (χ4n) is 1.98. The van der Waals surface area contributed by atoms with Crippen LogP contribution in [0.2, 0.25) is 0 Å². The Labute approximate surface area is 95.1 Å². The van der Waals surface area contributed by atoms with E-state index in [-0.39, 0.29) is 0 Å². The SMILES string of the molecule is CCN(CC)C1=C(C)C(=O)NC(=O)C1(C)O. The highest BCUT2D eigenvalue weighted by Crippen LogP contribution is 2.27. The number of hydrogen-bond acceptors (Lipinski definition) is 4. The van der Waals surface area contributed by atoms with Crippen molar-refractivity contribution >= 4 is 11.8 Å². The lowest BCUT2D eigenvalue weighted by atomic mass is 9.92. The van der Waals surface area contributed by atoms with E-state index in [9.17, 15) is 14.7 Å². The molecule has 2 amide bonds. The number of likely N-dealkylation sites (N-methyl/N-ethyl adjacent to an activating group) is 1. The van der Waals surface area contributed by atoms with Gasteiger partial charge in [-0.1, -0.05) is 0 Å². The third-order valence-electron chi connectivity index (χ3n) is 2.91. The lowest BCUT2D eigenvalue weighted by Crippen LogP contribution is -2.56. The minimum absolute atomic E-state index is 0.397. The van der Waals surface area contributed by atoms with Crippen molar-refractivity contribution < 1.29 is 14.7 Å². The van der Waals surface area contributed by atoms with Crippen LogP contribution in [0.3, 0.4) is 0 Å². The average molecular weight is 226 g/mol. The minimum atomic E-state index is -1.63. The number of nitrogens with zero attached hydrogens (tertiary/aromatic N) is 1. The molecule has 90 valence electrons. The predicted molar refractivity (Wildman–Crippen MR) is 59.4 cm³/mol. The fraction of sp³-hybridized carbons (Fsp3) is 0.636. The summed E-state index contributed by atoms with van der Waals surface area (Å²) in [5.74, 6) is -1.09. The van der Waals surface area contributed by atoms with E-state index >= 15 is 0 Å². The molecular weight excluding hydrogens is 208 g/mol. The maximum atomic E-state index is 11.6. The van der Waals surface area contributed by atoms with Crippen LogP contribution in [0.1, 0.15) is 27.7 Å². The standard InChI is InChI=1S/C11H18N2O3/c1-5-13(6-2)8-7(3)9(14)12-10(15)11(8,4)16/h16H,5-6H2,1-4H3,(H,12,14,15). The first-order valence-electron chi connectivity index (χ1n) is 5.40. The van der Waals surface area contributed by atoms with Crippen molar-refractivity contribution in [2.45, 2.75) is 33.3 Å². The molecule has 1 heterocycles. The number of carbonyl (C=O) groups excluding carboxylic acids is 2. The number of imide groups is 1. The first-order valence-corrected chi connectivity index (χ1v) is 5.40. The van der Waals surface area contributed by atoms with Crippen molar-refractivity contribution in [2.75, 3.05) is 13.1 Å². The Morgan fingerprint density at radius 1 is 1.31 bits per heavy atom. The van der Waals surface area contributed by atoms with Crippen molar-refractivity contribution in [3.63, 3.8) is 0 Å². The topological polar surface area (TPSA) is 69.6 Å². The molecule has 0 aromatic carbocycles. The highest BCUT2D eigenvalue weighted by Gasteiger charge is 2.44. The molecule has 0 saturated heterocycles. The molecule has 0 spiro atoms. The second kappa shape index (κ2) is 4.25. The molecule has 5 nitrogen and oxygen atoms in total. The van der Waals surface area contributed by atoms with Crippen LogP contribution in [0.5, 0.6) is 0 Å². The molecule has 0 aromatic rings. The van der Waals surface area contributed by atoms with Gasteiger partial charge in [0.25, 0.3) is 11.8 Å². The van der Waals surface area contributed by atoms with E-state index in [1.807, 2.05) is 18.7 Å². The van der Waals surface area contributed by atoms with Gasteiger partial charge in [0.1, 0.15) is 0 Å². The Hall–Kier alpha value is -1.36. The number of rotatable bonds is 3. The highest BCUT2D eigenvalue weighted by molar-refractivity contribution is 6.11. The first kappa shape index (κ1) is 12.7. The van der Waals surface area contributed by atoms with Gasteiger partial charge in [-0.15, -0.1) is 0 Å². The predicted octanol–water partition coefficient (Wildman–Crippen LogP) is 0.00960. The van der Waals surface area contributed by atoms with Crippen molar-refractivity contribution in [2.24, 2.45) is 0 Å². The van der Waals surface area contributed by atoms with Crippen LogP contribution in [-0.2, 0) is 9.59 Å². The molecule has 0 saturated carbocycles. The first-order chi connectivity index (χ1) is 7.36. The summed E-state index contributed by atoms with van der Waals surface area (Å²) in [6, 6.07) is 0. The second-order valence-electron chi connectivity index (χ2n) is 4.00. The highest BCUT2D eigenvalue weighted by atomic mass is 16.3. The zero-order valence-corrected chi connectivity index (χ0v) is 10.1. The van der Waals surface area contributed by atoms with Crippen LogP contribution in [0, 0.1) is 0 Å². The van der Waals surface area contributed by atoms with Crippen LogP contribution in [0.15, 0.2) is 11.3 Å². The molecule has 1 aliphatic rings. The zero-order chi connectivity index (χ0) is 12.5. The third kappa shape index (κ3) is 1.82. The lowest BCUT2D eigenvalue weighted by Gasteiger charge is -2.37. The summed E-state index contributed by atoms with van der Waals surface area (Å²) in [4.78, 5) is 24.9. The maximum absolute atomic E-state index is 11.6. The van der Waals surface area contributed by atoms with E-state index in [0.717, 1.165) is 0 Å². The summed E-state index contributed by atoms with van der Waals surface area (Å²) in [5, 5.41) is 12.3. The maximum Gasteiger partial charge on any atom is 0.264 e. The van der Waals surface area contributed by atoms with Crippen molar-refractivity contribution in [3.05, 3.63) is 11.3 Å². The van der Waals surface area contributed by atoms with E-state index in [4.69, 9.17) is 0 Å². The Kier molecular flexibility index (Phi) is 3.38. The number of carbonyl (C=O) groups is 2. The van der Waals surface area contributed by atoms with E-state index in [0.29, 0.717) is 24.4 Å². The molecule has 0 aliphatic carbocycles. The van der Waals surface area contributed by atoms with E-state index in [1.165, 1.54) is 6.92 Å². The molecule has 0 bridgehead atoms. The molecular formula is C11H18N2O3. The summed E-state index contributed by atoms with van der Waals surface area (Å²) in [7, 11) is 0. The van der Waals surface area contributed by atoms with Crippen LogP contribution in [0.4, 0.5) is 0 Å². The summed E-state index contributed by atoms with van der Waals surface area (Å²) < 4.78 is 0. The Morgan fingerprint density at radius 2 is 1.81 bits per heavy atom. The molecule has 1 rings (SSSR count).